The molecule has 1 heterocycles. The number of carbonyl (C=O) groups is 1. The van der Waals surface area contributed by atoms with E-state index in [1.807, 2.05) is 0 Å². The monoisotopic (exact) mass is 299 g/mol. The molecule has 0 spiro atoms. The zero-order chi connectivity index (χ0) is 15.9. The minimum absolute atomic E-state index is 0.217. The van der Waals surface area contributed by atoms with Crippen LogP contribution in [0.2, 0.25) is 0 Å². The molecule has 0 aliphatic heterocycles. The number of nitrogens with one attached hydrogen (secondary N) is 1. The Morgan fingerprint density at radius 2 is 2.14 bits per heavy atom. The van der Waals surface area contributed by atoms with E-state index in [9.17, 15) is 4.79 Å². The predicted molar refractivity (Wildman–Crippen MR) is 85.2 cm³/mol. The van der Waals surface area contributed by atoms with Crippen LogP contribution in [0.1, 0.15) is 41.4 Å². The molecule has 0 unspecified atom stereocenters. The lowest BCUT2D eigenvalue weighted by atomic mass is 10.00. The average molecular weight is 299 g/mol. The summed E-state index contributed by atoms with van der Waals surface area (Å²) in [5.74, 6) is 1.10. The molecule has 116 valence electrons. The number of hydrogen-bond donors (Lipinski definition) is 1. The number of ether oxygens (including phenoxy) is 1. The molecule has 0 atom stereocenters. The van der Waals surface area contributed by atoms with Gasteiger partial charge in [0.1, 0.15) is 11.4 Å². The fraction of sp³-hybridized carbons (Fsp3) is 0.353. The summed E-state index contributed by atoms with van der Waals surface area (Å²) in [7, 11) is 1.67. The van der Waals surface area contributed by atoms with E-state index in [0.717, 1.165) is 11.3 Å². The summed E-state index contributed by atoms with van der Waals surface area (Å²) in [5, 5.41) is 2.84. The molecule has 22 heavy (non-hydrogen) atoms. The summed E-state index contributed by atoms with van der Waals surface area (Å²) < 4.78 is 5.44. The lowest BCUT2D eigenvalue weighted by Gasteiger charge is -2.13. The summed E-state index contributed by atoms with van der Waals surface area (Å²) in [6.45, 7) is 4.82. The molecule has 0 radical (unpaired) electrons. The number of aromatic nitrogens is 2. The SMILES string of the molecule is COc1cc(C(C)C)ccc1CCNC(=O)c1cnccn1. The minimum atomic E-state index is -0.217. The first-order chi connectivity index (χ1) is 10.6. The van der Waals surface area contributed by atoms with Crippen molar-refractivity contribution < 1.29 is 9.53 Å². The summed E-state index contributed by atoms with van der Waals surface area (Å²) in [6, 6.07) is 6.22. The third-order valence-electron chi connectivity index (χ3n) is 3.45. The van der Waals surface area contributed by atoms with E-state index in [1.54, 1.807) is 7.11 Å². The normalized spacial score (nSPS) is 10.5. The van der Waals surface area contributed by atoms with Gasteiger partial charge in [0, 0.05) is 18.9 Å². The van der Waals surface area contributed by atoms with Gasteiger partial charge in [0.15, 0.2) is 0 Å². The van der Waals surface area contributed by atoms with E-state index >= 15 is 0 Å². The molecular weight excluding hydrogens is 278 g/mol. The largest absolute Gasteiger partial charge is 0.496 e. The smallest absolute Gasteiger partial charge is 0.271 e. The van der Waals surface area contributed by atoms with Crippen molar-refractivity contribution in [3.8, 4) is 5.75 Å². The van der Waals surface area contributed by atoms with Crippen LogP contribution in [-0.2, 0) is 6.42 Å². The quantitative estimate of drug-likeness (QED) is 0.890. The third kappa shape index (κ3) is 4.04. The Labute approximate surface area is 130 Å². The van der Waals surface area contributed by atoms with Gasteiger partial charge in [-0.05, 0) is 29.5 Å². The minimum Gasteiger partial charge on any atom is -0.496 e. The lowest BCUT2D eigenvalue weighted by Crippen LogP contribution is -2.26. The number of rotatable bonds is 6. The number of amides is 1. The molecule has 0 saturated carbocycles. The first-order valence-corrected chi connectivity index (χ1v) is 7.33. The highest BCUT2D eigenvalue weighted by atomic mass is 16.5. The van der Waals surface area contributed by atoms with Crippen LogP contribution >= 0.6 is 0 Å². The van der Waals surface area contributed by atoms with E-state index in [2.05, 4.69) is 47.3 Å². The van der Waals surface area contributed by atoms with Crippen LogP contribution in [0.15, 0.2) is 36.8 Å². The van der Waals surface area contributed by atoms with Crippen molar-refractivity contribution in [2.24, 2.45) is 0 Å². The first kappa shape index (κ1) is 15.9. The summed E-state index contributed by atoms with van der Waals surface area (Å²) >= 11 is 0. The van der Waals surface area contributed by atoms with Crippen molar-refractivity contribution in [1.82, 2.24) is 15.3 Å². The molecule has 0 aliphatic rings. The van der Waals surface area contributed by atoms with Crippen LogP contribution in [-0.4, -0.2) is 29.5 Å². The maximum absolute atomic E-state index is 11.9. The highest BCUT2D eigenvalue weighted by Crippen LogP contribution is 2.24. The fourth-order valence-corrected chi connectivity index (χ4v) is 2.14. The van der Waals surface area contributed by atoms with E-state index in [0.29, 0.717) is 24.6 Å². The van der Waals surface area contributed by atoms with Crippen LogP contribution in [0.4, 0.5) is 0 Å². The number of carbonyl (C=O) groups excluding carboxylic acids is 1. The standard InChI is InChI=1S/C17H21N3O2/c1-12(2)14-5-4-13(16(10-14)22-3)6-7-20-17(21)15-11-18-8-9-19-15/h4-5,8-12H,6-7H2,1-3H3,(H,20,21). The van der Waals surface area contributed by atoms with Gasteiger partial charge in [-0.2, -0.15) is 0 Å². The van der Waals surface area contributed by atoms with Gasteiger partial charge in [0.25, 0.3) is 5.91 Å². The molecule has 0 aliphatic carbocycles. The zero-order valence-corrected chi connectivity index (χ0v) is 13.2. The van der Waals surface area contributed by atoms with Gasteiger partial charge >= 0.3 is 0 Å². The molecular formula is C17H21N3O2. The Morgan fingerprint density at radius 1 is 1.32 bits per heavy atom. The topological polar surface area (TPSA) is 64.1 Å². The van der Waals surface area contributed by atoms with E-state index in [1.165, 1.54) is 24.2 Å². The van der Waals surface area contributed by atoms with Crippen molar-refractivity contribution in [3.63, 3.8) is 0 Å². The summed E-state index contributed by atoms with van der Waals surface area (Å²) in [4.78, 5) is 19.7. The van der Waals surface area contributed by atoms with Crippen molar-refractivity contribution in [1.29, 1.82) is 0 Å². The maximum Gasteiger partial charge on any atom is 0.271 e. The number of methoxy groups -OCH3 is 1. The van der Waals surface area contributed by atoms with Crippen LogP contribution in [0, 0.1) is 0 Å². The molecule has 0 fully saturated rings. The zero-order valence-electron chi connectivity index (χ0n) is 13.2. The Morgan fingerprint density at radius 3 is 2.77 bits per heavy atom. The third-order valence-corrected chi connectivity index (χ3v) is 3.45. The van der Waals surface area contributed by atoms with Crippen molar-refractivity contribution in [3.05, 3.63) is 53.6 Å². The highest BCUT2D eigenvalue weighted by molar-refractivity contribution is 5.91. The Balaban J connectivity index is 1.95. The molecule has 0 saturated heterocycles. The molecule has 2 aromatic rings. The van der Waals surface area contributed by atoms with Gasteiger partial charge in [-0.3, -0.25) is 9.78 Å². The molecule has 1 N–H and O–H groups in total. The second-order valence-electron chi connectivity index (χ2n) is 5.32. The second-order valence-corrected chi connectivity index (χ2v) is 5.32. The highest BCUT2D eigenvalue weighted by Gasteiger charge is 2.09. The lowest BCUT2D eigenvalue weighted by molar-refractivity contribution is 0.0948. The van der Waals surface area contributed by atoms with Gasteiger partial charge in [0.05, 0.1) is 13.3 Å². The first-order valence-electron chi connectivity index (χ1n) is 7.33. The number of benzene rings is 1. The predicted octanol–water partition coefficient (Wildman–Crippen LogP) is 2.58. The van der Waals surface area contributed by atoms with E-state index in [4.69, 9.17) is 4.74 Å². The Hall–Kier alpha value is -2.43. The molecule has 1 aromatic heterocycles. The van der Waals surface area contributed by atoms with Gasteiger partial charge < -0.3 is 10.1 Å². The van der Waals surface area contributed by atoms with Crippen LogP contribution in [0.3, 0.4) is 0 Å². The van der Waals surface area contributed by atoms with Gasteiger partial charge in [0.2, 0.25) is 0 Å². The van der Waals surface area contributed by atoms with Crippen LogP contribution in [0.5, 0.6) is 5.75 Å². The van der Waals surface area contributed by atoms with Crippen LogP contribution in [0.25, 0.3) is 0 Å². The van der Waals surface area contributed by atoms with Crippen molar-refractivity contribution in [2.45, 2.75) is 26.2 Å². The molecule has 2 rings (SSSR count). The Kier molecular flexibility index (Phi) is 5.47. The van der Waals surface area contributed by atoms with Crippen molar-refractivity contribution >= 4 is 5.91 Å². The molecule has 1 aromatic carbocycles. The van der Waals surface area contributed by atoms with Crippen LogP contribution < -0.4 is 10.1 Å². The molecule has 1 amide bonds. The number of hydrogen-bond acceptors (Lipinski definition) is 4. The van der Waals surface area contributed by atoms with E-state index in [-0.39, 0.29) is 5.91 Å². The van der Waals surface area contributed by atoms with Gasteiger partial charge in [-0.25, -0.2) is 4.98 Å². The number of nitrogens with zero attached hydrogens (tertiary/aromatic N) is 2. The summed E-state index contributed by atoms with van der Waals surface area (Å²) in [5.41, 5.74) is 2.64. The summed E-state index contributed by atoms with van der Waals surface area (Å²) in [6.07, 6.45) is 5.20. The molecule has 0 bridgehead atoms. The van der Waals surface area contributed by atoms with E-state index < -0.39 is 0 Å². The van der Waals surface area contributed by atoms with Gasteiger partial charge in [-0.15, -0.1) is 0 Å². The average Bonchev–Trinajstić information content (AvgIpc) is 2.55. The molecule has 5 nitrogen and oxygen atoms in total. The second kappa shape index (κ2) is 7.54. The maximum atomic E-state index is 11.9. The van der Waals surface area contributed by atoms with Crippen molar-refractivity contribution in [2.75, 3.05) is 13.7 Å². The fourth-order valence-electron chi connectivity index (χ4n) is 2.14. The Bertz CT molecular complexity index is 627. The molecule has 5 heteroatoms. The van der Waals surface area contributed by atoms with Gasteiger partial charge in [-0.1, -0.05) is 26.0 Å².